The van der Waals surface area contributed by atoms with Gasteiger partial charge in [-0.15, -0.1) is 0 Å². The number of hydrogen-bond donors (Lipinski definition) is 0. The van der Waals surface area contributed by atoms with Crippen LogP contribution in [0.1, 0.15) is 38.5 Å². The van der Waals surface area contributed by atoms with Crippen LogP contribution in [0.3, 0.4) is 0 Å². The zero-order chi connectivity index (χ0) is 10.4. The molecule has 1 aliphatic rings. The topological polar surface area (TPSA) is 0 Å². The van der Waals surface area contributed by atoms with Crippen LogP contribution in [-0.2, 0) is 0 Å². The lowest BCUT2D eigenvalue weighted by atomic mass is 9.87. The van der Waals surface area contributed by atoms with Crippen LogP contribution in [0.5, 0.6) is 0 Å². The van der Waals surface area contributed by atoms with Crippen LogP contribution in [0.4, 0.5) is 0 Å². The molecule has 0 nitrogen and oxygen atoms in total. The fourth-order valence-electron chi connectivity index (χ4n) is 1.94. The van der Waals surface area contributed by atoms with Gasteiger partial charge in [0, 0.05) is 8.07 Å². The average molecular weight is 209 g/mol. The Labute approximate surface area is 90.8 Å². The first-order valence-corrected chi connectivity index (χ1v) is 9.77. The van der Waals surface area contributed by atoms with Crippen LogP contribution >= 0.6 is 0 Å². The van der Waals surface area contributed by atoms with Gasteiger partial charge in [-0.3, -0.25) is 0 Å². The first-order chi connectivity index (χ1) is 6.58. The Morgan fingerprint density at radius 2 is 1.64 bits per heavy atom. The molecule has 0 heterocycles. The summed E-state index contributed by atoms with van der Waals surface area (Å²) < 4.78 is 0. The summed E-state index contributed by atoms with van der Waals surface area (Å²) in [5, 5.41) is 0. The molecular formula is C13H25Si. The fourth-order valence-corrected chi connectivity index (χ4v) is 2.82. The third kappa shape index (κ3) is 5.64. The van der Waals surface area contributed by atoms with Crippen molar-refractivity contribution < 1.29 is 0 Å². The van der Waals surface area contributed by atoms with E-state index in [4.69, 9.17) is 0 Å². The van der Waals surface area contributed by atoms with Gasteiger partial charge in [-0.2, -0.15) is 0 Å². The van der Waals surface area contributed by atoms with E-state index in [1.807, 2.05) is 0 Å². The molecular weight excluding hydrogens is 184 g/mol. The minimum Gasteiger partial charge on any atom is -0.0912 e. The molecule has 0 amide bonds. The Hall–Kier alpha value is -0.0431. The van der Waals surface area contributed by atoms with Crippen molar-refractivity contribution >= 4 is 8.07 Å². The van der Waals surface area contributed by atoms with Crippen molar-refractivity contribution in [3.63, 3.8) is 0 Å². The first-order valence-electron chi connectivity index (χ1n) is 6.06. The van der Waals surface area contributed by atoms with E-state index in [0.29, 0.717) is 0 Å². The van der Waals surface area contributed by atoms with Crippen LogP contribution < -0.4 is 0 Å². The Kier molecular flexibility index (Phi) is 4.94. The van der Waals surface area contributed by atoms with Crippen LogP contribution in [-0.4, -0.2) is 8.07 Å². The summed E-state index contributed by atoms with van der Waals surface area (Å²) >= 11 is 0. The lowest BCUT2D eigenvalue weighted by Crippen LogP contribution is -2.17. The van der Waals surface area contributed by atoms with Crippen LogP contribution in [0.15, 0.2) is 12.2 Å². The van der Waals surface area contributed by atoms with Gasteiger partial charge >= 0.3 is 0 Å². The van der Waals surface area contributed by atoms with Gasteiger partial charge in [-0.1, -0.05) is 51.1 Å². The van der Waals surface area contributed by atoms with Crippen molar-refractivity contribution in [3.05, 3.63) is 18.1 Å². The van der Waals surface area contributed by atoms with E-state index in [-0.39, 0.29) is 0 Å². The highest BCUT2D eigenvalue weighted by atomic mass is 28.3. The maximum absolute atomic E-state index is 2.44. The molecule has 1 saturated carbocycles. The van der Waals surface area contributed by atoms with Crippen molar-refractivity contribution in [3.8, 4) is 0 Å². The van der Waals surface area contributed by atoms with Gasteiger partial charge in [0.2, 0.25) is 0 Å². The number of allylic oxidation sites excluding steroid dienone is 2. The summed E-state index contributed by atoms with van der Waals surface area (Å²) in [6.45, 7) is 7.31. The molecule has 0 N–H and O–H groups in total. The standard InChI is InChI=1S/C13H25Si/c1-14(2,3)12-8-7-11-13-9-5-4-6-10-13/h7-8H,4-6,9-12H2,1-3H3. The lowest BCUT2D eigenvalue weighted by molar-refractivity contribution is 0.524. The molecule has 81 valence electrons. The van der Waals surface area contributed by atoms with E-state index in [0.717, 1.165) is 0 Å². The zero-order valence-corrected chi connectivity index (χ0v) is 11.1. The molecule has 0 aromatic rings. The fraction of sp³-hybridized carbons (Fsp3) is 0.769. The first kappa shape index (κ1) is 12.0. The van der Waals surface area contributed by atoms with Gasteiger partial charge in [-0.25, -0.2) is 0 Å². The smallest absolute Gasteiger partial charge is 0.0480 e. The molecule has 0 aromatic heterocycles. The second-order valence-corrected chi connectivity index (χ2v) is 11.3. The average Bonchev–Trinajstić information content (AvgIpc) is 2.13. The van der Waals surface area contributed by atoms with Crippen LogP contribution in [0.25, 0.3) is 0 Å². The minimum absolute atomic E-state index is 0.840. The van der Waals surface area contributed by atoms with Gasteiger partial charge in [0.15, 0.2) is 0 Å². The Balaban J connectivity index is 2.12. The van der Waals surface area contributed by atoms with Crippen molar-refractivity contribution in [1.29, 1.82) is 0 Å². The third-order valence-corrected chi connectivity index (χ3v) is 4.32. The molecule has 14 heavy (non-hydrogen) atoms. The monoisotopic (exact) mass is 209 g/mol. The second kappa shape index (κ2) is 5.74. The molecule has 1 heteroatoms. The van der Waals surface area contributed by atoms with Crippen molar-refractivity contribution in [1.82, 2.24) is 0 Å². The lowest BCUT2D eigenvalue weighted by Gasteiger charge is -2.19. The second-order valence-electron chi connectivity index (χ2n) is 5.75. The number of hydrogen-bond acceptors (Lipinski definition) is 0. The van der Waals surface area contributed by atoms with Gasteiger partial charge in [-0.05, 0) is 31.2 Å². The molecule has 0 atom stereocenters. The Bertz CT molecular complexity index is 170. The molecule has 0 bridgehead atoms. The normalized spacial score (nSPS) is 20.5. The molecule has 0 aromatic carbocycles. The molecule has 1 radical (unpaired) electrons. The minimum atomic E-state index is -0.840. The van der Waals surface area contributed by atoms with Crippen LogP contribution in [0, 0.1) is 5.92 Å². The molecule has 1 fully saturated rings. The van der Waals surface area contributed by atoms with Gasteiger partial charge in [0.1, 0.15) is 0 Å². The third-order valence-electron chi connectivity index (χ3n) is 2.86. The van der Waals surface area contributed by atoms with E-state index in [1.54, 1.807) is 5.92 Å². The SMILES string of the molecule is C[Si](C)(C)CC=CC[C]1CCCCC1. The van der Waals surface area contributed by atoms with Crippen LogP contribution in [0.2, 0.25) is 25.7 Å². The molecule has 0 spiro atoms. The largest absolute Gasteiger partial charge is 0.0912 e. The van der Waals surface area contributed by atoms with E-state index in [2.05, 4.69) is 31.8 Å². The quantitative estimate of drug-likeness (QED) is 0.460. The summed E-state index contributed by atoms with van der Waals surface area (Å²) in [7, 11) is -0.840. The molecule has 1 rings (SSSR count). The van der Waals surface area contributed by atoms with Crippen molar-refractivity contribution in [2.45, 2.75) is 64.2 Å². The van der Waals surface area contributed by atoms with Crippen molar-refractivity contribution in [2.75, 3.05) is 0 Å². The number of rotatable bonds is 4. The van der Waals surface area contributed by atoms with Gasteiger partial charge in [0.25, 0.3) is 0 Å². The van der Waals surface area contributed by atoms with E-state index >= 15 is 0 Å². The summed E-state index contributed by atoms with van der Waals surface area (Å²) in [5.74, 6) is 1.79. The van der Waals surface area contributed by atoms with E-state index in [9.17, 15) is 0 Å². The van der Waals surface area contributed by atoms with Gasteiger partial charge < -0.3 is 0 Å². The zero-order valence-electron chi connectivity index (χ0n) is 10.1. The van der Waals surface area contributed by atoms with E-state index < -0.39 is 8.07 Å². The molecule has 1 aliphatic carbocycles. The molecule has 0 saturated heterocycles. The maximum atomic E-state index is 2.44. The Morgan fingerprint density at radius 3 is 2.21 bits per heavy atom. The highest BCUT2D eigenvalue weighted by Crippen LogP contribution is 2.28. The Morgan fingerprint density at radius 1 is 1.00 bits per heavy atom. The van der Waals surface area contributed by atoms with Crippen molar-refractivity contribution in [2.24, 2.45) is 0 Å². The predicted octanol–water partition coefficient (Wildman–Crippen LogP) is 4.81. The summed E-state index contributed by atoms with van der Waals surface area (Å²) in [6, 6.07) is 1.35. The van der Waals surface area contributed by atoms with E-state index in [1.165, 1.54) is 44.6 Å². The maximum Gasteiger partial charge on any atom is 0.0480 e. The highest BCUT2D eigenvalue weighted by molar-refractivity contribution is 6.76. The summed E-state index contributed by atoms with van der Waals surface area (Å²) in [4.78, 5) is 0. The molecule has 0 aliphatic heterocycles. The highest BCUT2D eigenvalue weighted by Gasteiger charge is 2.12. The van der Waals surface area contributed by atoms with Gasteiger partial charge in [0.05, 0.1) is 0 Å². The predicted molar refractivity (Wildman–Crippen MR) is 68.2 cm³/mol. The molecule has 0 unspecified atom stereocenters. The summed E-state index contributed by atoms with van der Waals surface area (Å²) in [5.41, 5.74) is 0. The summed E-state index contributed by atoms with van der Waals surface area (Å²) in [6.07, 6.45) is 13.3.